The molecule has 1 saturated carbocycles. The molecule has 148 valence electrons. The highest BCUT2D eigenvalue weighted by Gasteiger charge is 2.35. The summed E-state index contributed by atoms with van der Waals surface area (Å²) < 4.78 is 0. The van der Waals surface area contributed by atoms with Crippen LogP contribution in [0.2, 0.25) is 0 Å². The average molecular weight is 377 g/mol. The number of nitrogens with one attached hydrogen (secondary N) is 2. The van der Waals surface area contributed by atoms with E-state index in [1.54, 1.807) is 0 Å². The number of rotatable bonds is 5. The van der Waals surface area contributed by atoms with Gasteiger partial charge in [-0.1, -0.05) is 38.8 Å². The molecule has 2 aliphatic carbocycles. The van der Waals surface area contributed by atoms with E-state index in [9.17, 15) is 0 Å². The molecule has 0 aromatic carbocycles. The molecule has 0 aromatic heterocycles. The molecule has 4 rings (SSSR count). The smallest absolute Gasteiger partial charge is 0.107 e. The maximum Gasteiger partial charge on any atom is 0.107 e. The normalized spacial score (nSPS) is 27.8. The first-order valence-corrected chi connectivity index (χ1v) is 10.5. The number of nitrogens with zero attached hydrogens (tertiary/aromatic N) is 2. The van der Waals surface area contributed by atoms with Crippen LogP contribution in [0.1, 0.15) is 45.4 Å². The van der Waals surface area contributed by atoms with E-state index in [0.717, 1.165) is 54.4 Å². The Bertz CT molecular complexity index is 822. The van der Waals surface area contributed by atoms with Gasteiger partial charge in [0.15, 0.2) is 0 Å². The summed E-state index contributed by atoms with van der Waals surface area (Å²) in [5.41, 5.74) is 6.60. The van der Waals surface area contributed by atoms with Crippen molar-refractivity contribution in [1.82, 2.24) is 15.5 Å². The number of aliphatic imine (C=N–C) groups is 1. The van der Waals surface area contributed by atoms with Crippen LogP contribution in [0.15, 0.2) is 77.5 Å². The molecule has 2 N–H and O–H groups in total. The summed E-state index contributed by atoms with van der Waals surface area (Å²) in [4.78, 5) is 7.21. The van der Waals surface area contributed by atoms with Gasteiger partial charge in [0, 0.05) is 40.8 Å². The van der Waals surface area contributed by atoms with Gasteiger partial charge in [0.25, 0.3) is 0 Å². The standard InChI is InChI=1S/C24H32N4/c1-15-12-13-23(17(3)26-15)28-18(4)24-21(10-7-11-22(24)27-19(28)5)14-25-16(2)20-8-6-9-20/h7,11,20-21,23,25-26H,1-4,6,8-10,12-14H2,5H3. The predicted octanol–water partition coefficient (Wildman–Crippen LogP) is 4.75. The fourth-order valence-corrected chi connectivity index (χ4v) is 4.69. The molecular weight excluding hydrogens is 344 g/mol. The predicted molar refractivity (Wildman–Crippen MR) is 117 cm³/mol. The van der Waals surface area contributed by atoms with Gasteiger partial charge >= 0.3 is 0 Å². The molecular formula is C24H32N4. The van der Waals surface area contributed by atoms with Gasteiger partial charge in [-0.15, -0.1) is 0 Å². The van der Waals surface area contributed by atoms with Gasteiger partial charge in [-0.3, -0.25) is 0 Å². The van der Waals surface area contributed by atoms with Crippen molar-refractivity contribution in [3.8, 4) is 0 Å². The summed E-state index contributed by atoms with van der Waals surface area (Å²) in [6.07, 6.45) is 11.2. The molecule has 4 nitrogen and oxygen atoms in total. The summed E-state index contributed by atoms with van der Waals surface area (Å²) in [5.74, 6) is 2.01. The van der Waals surface area contributed by atoms with E-state index in [1.165, 1.54) is 30.5 Å². The van der Waals surface area contributed by atoms with Gasteiger partial charge in [0.1, 0.15) is 5.84 Å². The maximum absolute atomic E-state index is 4.94. The largest absolute Gasteiger partial charge is 0.388 e. The Morgan fingerprint density at radius 2 is 2.07 bits per heavy atom. The van der Waals surface area contributed by atoms with Gasteiger partial charge in [0.2, 0.25) is 0 Å². The number of hydrogen-bond acceptors (Lipinski definition) is 4. The first-order valence-electron chi connectivity index (χ1n) is 10.5. The zero-order valence-electron chi connectivity index (χ0n) is 17.1. The van der Waals surface area contributed by atoms with Gasteiger partial charge in [-0.05, 0) is 51.0 Å². The van der Waals surface area contributed by atoms with Crippen molar-refractivity contribution in [2.75, 3.05) is 6.54 Å². The van der Waals surface area contributed by atoms with Crippen LogP contribution in [0, 0.1) is 11.8 Å². The Balaban J connectivity index is 1.53. The van der Waals surface area contributed by atoms with Crippen molar-refractivity contribution in [2.24, 2.45) is 16.8 Å². The lowest BCUT2D eigenvalue weighted by Gasteiger charge is -2.43. The number of piperidine rings is 1. The number of allylic oxidation sites excluding steroid dienone is 5. The topological polar surface area (TPSA) is 39.7 Å². The molecule has 0 spiro atoms. The first-order chi connectivity index (χ1) is 13.5. The van der Waals surface area contributed by atoms with Crippen LogP contribution in [-0.4, -0.2) is 23.3 Å². The highest BCUT2D eigenvalue weighted by molar-refractivity contribution is 5.86. The van der Waals surface area contributed by atoms with Gasteiger partial charge in [-0.25, -0.2) is 4.99 Å². The molecule has 2 atom stereocenters. The molecule has 0 radical (unpaired) electrons. The highest BCUT2D eigenvalue weighted by Crippen LogP contribution is 2.39. The van der Waals surface area contributed by atoms with Crippen molar-refractivity contribution in [3.05, 3.63) is 72.5 Å². The molecule has 4 aliphatic rings. The summed E-state index contributed by atoms with van der Waals surface area (Å²) in [6, 6.07) is 0.167. The molecule has 4 heteroatoms. The van der Waals surface area contributed by atoms with Crippen LogP contribution in [0.3, 0.4) is 0 Å². The van der Waals surface area contributed by atoms with Gasteiger partial charge < -0.3 is 15.5 Å². The quantitative estimate of drug-likeness (QED) is 0.727. The Hall–Kier alpha value is -2.49. The Morgan fingerprint density at radius 1 is 1.29 bits per heavy atom. The van der Waals surface area contributed by atoms with Gasteiger partial charge in [-0.2, -0.15) is 0 Å². The lowest BCUT2D eigenvalue weighted by molar-refractivity contribution is 0.340. The molecule has 2 fully saturated rings. The third-order valence-electron chi connectivity index (χ3n) is 6.56. The van der Waals surface area contributed by atoms with Crippen LogP contribution in [-0.2, 0) is 0 Å². The van der Waals surface area contributed by atoms with E-state index < -0.39 is 0 Å². The van der Waals surface area contributed by atoms with Crippen LogP contribution < -0.4 is 10.6 Å². The van der Waals surface area contributed by atoms with Crippen molar-refractivity contribution in [2.45, 2.75) is 51.5 Å². The molecule has 0 aromatic rings. The lowest BCUT2D eigenvalue weighted by Crippen LogP contribution is -2.47. The summed E-state index contributed by atoms with van der Waals surface area (Å²) in [7, 11) is 0. The van der Waals surface area contributed by atoms with Crippen LogP contribution in [0.5, 0.6) is 0 Å². The fraction of sp³-hybridized carbons (Fsp3) is 0.458. The third kappa shape index (κ3) is 3.36. The Kier molecular flexibility index (Phi) is 5.05. The minimum Gasteiger partial charge on any atom is -0.388 e. The Labute approximate surface area is 169 Å². The van der Waals surface area contributed by atoms with E-state index in [1.807, 2.05) is 0 Å². The van der Waals surface area contributed by atoms with E-state index in [4.69, 9.17) is 4.99 Å². The van der Waals surface area contributed by atoms with Crippen molar-refractivity contribution in [1.29, 1.82) is 0 Å². The minimum atomic E-state index is 0.167. The monoisotopic (exact) mass is 376 g/mol. The summed E-state index contributed by atoms with van der Waals surface area (Å²) in [5, 5.41) is 6.95. The van der Waals surface area contributed by atoms with Crippen molar-refractivity contribution in [3.63, 3.8) is 0 Å². The minimum absolute atomic E-state index is 0.167. The second-order valence-corrected chi connectivity index (χ2v) is 8.45. The molecule has 2 unspecified atom stereocenters. The summed E-state index contributed by atoms with van der Waals surface area (Å²) in [6.45, 7) is 20.0. The third-order valence-corrected chi connectivity index (χ3v) is 6.56. The molecule has 0 bridgehead atoms. The molecule has 2 heterocycles. The SMILES string of the molecule is C=C1CCC(N2C(=C)C3=C(C=CCC3CNC(=C)C3CCC3)N=C2C)C(=C)N1. The van der Waals surface area contributed by atoms with Crippen LogP contribution in [0.4, 0.5) is 0 Å². The maximum atomic E-state index is 4.94. The van der Waals surface area contributed by atoms with E-state index in [0.29, 0.717) is 11.8 Å². The summed E-state index contributed by atoms with van der Waals surface area (Å²) >= 11 is 0. The second-order valence-electron chi connectivity index (χ2n) is 8.45. The highest BCUT2D eigenvalue weighted by atomic mass is 15.3. The van der Waals surface area contributed by atoms with Crippen LogP contribution in [0.25, 0.3) is 0 Å². The fourth-order valence-electron chi connectivity index (χ4n) is 4.69. The van der Waals surface area contributed by atoms with Crippen molar-refractivity contribution >= 4 is 5.84 Å². The molecule has 0 amide bonds. The molecule has 1 saturated heterocycles. The van der Waals surface area contributed by atoms with Crippen LogP contribution >= 0.6 is 0 Å². The van der Waals surface area contributed by atoms with E-state index in [-0.39, 0.29) is 6.04 Å². The van der Waals surface area contributed by atoms with Gasteiger partial charge in [0.05, 0.1) is 11.7 Å². The first kappa shape index (κ1) is 18.9. The number of amidine groups is 1. The van der Waals surface area contributed by atoms with E-state index >= 15 is 0 Å². The van der Waals surface area contributed by atoms with Crippen molar-refractivity contribution < 1.29 is 0 Å². The second kappa shape index (κ2) is 7.50. The average Bonchev–Trinajstić information content (AvgIpc) is 2.60. The lowest BCUT2D eigenvalue weighted by atomic mass is 9.82. The molecule has 28 heavy (non-hydrogen) atoms. The zero-order chi connectivity index (χ0) is 19.8. The zero-order valence-corrected chi connectivity index (χ0v) is 17.1. The Morgan fingerprint density at radius 3 is 2.75 bits per heavy atom. The number of hydrogen-bond donors (Lipinski definition) is 2. The van der Waals surface area contributed by atoms with E-state index in [2.05, 4.69) is 60.9 Å². The molecule has 2 aliphatic heterocycles.